The van der Waals surface area contributed by atoms with E-state index in [2.05, 4.69) is 15.8 Å². The summed E-state index contributed by atoms with van der Waals surface area (Å²) in [6.45, 7) is 1.63. The van der Waals surface area contributed by atoms with Crippen LogP contribution in [0.4, 0.5) is 11.4 Å². The molecule has 2 N–H and O–H groups in total. The smallest absolute Gasteiger partial charge is 0.271 e. The van der Waals surface area contributed by atoms with Gasteiger partial charge in [0.2, 0.25) is 5.60 Å². The van der Waals surface area contributed by atoms with Crippen molar-refractivity contribution in [2.75, 3.05) is 24.4 Å². The number of nitrogens with zero attached hydrogens (tertiary/aromatic N) is 1. The van der Waals surface area contributed by atoms with Gasteiger partial charge in [-0.3, -0.25) is 9.59 Å². The second-order valence-corrected chi connectivity index (χ2v) is 6.74. The number of methoxy groups -OCH3 is 1. The maximum atomic E-state index is 12.8. The number of benzene rings is 2. The molecule has 8 heteroatoms. The molecule has 2 aliphatic heterocycles. The van der Waals surface area contributed by atoms with Crippen LogP contribution < -0.4 is 20.1 Å². The fourth-order valence-electron chi connectivity index (χ4n) is 3.10. The third-order valence-corrected chi connectivity index (χ3v) is 4.63. The first-order valence-electron chi connectivity index (χ1n) is 8.75. The number of hydrogen-bond acceptors (Lipinski definition) is 6. The number of anilines is 2. The Hall–Kier alpha value is -3.55. The van der Waals surface area contributed by atoms with E-state index in [1.165, 1.54) is 0 Å². The van der Waals surface area contributed by atoms with Crippen molar-refractivity contribution in [2.45, 2.75) is 18.9 Å². The molecule has 0 radical (unpaired) electrons. The molecule has 0 saturated carbocycles. The number of fused-ring (bicyclic) bond motifs is 1. The molecule has 0 fully saturated rings. The van der Waals surface area contributed by atoms with Crippen molar-refractivity contribution in [2.24, 2.45) is 5.16 Å². The lowest BCUT2D eigenvalue weighted by Gasteiger charge is -2.22. The minimum absolute atomic E-state index is 0.0542. The first-order valence-corrected chi connectivity index (χ1v) is 8.75. The maximum Gasteiger partial charge on any atom is 0.271 e. The number of ether oxygens (including phenoxy) is 2. The molecular weight excluding hydrogens is 362 g/mol. The topological polar surface area (TPSA) is 98.2 Å². The molecule has 0 aliphatic carbocycles. The van der Waals surface area contributed by atoms with Crippen LogP contribution in [0.2, 0.25) is 0 Å². The van der Waals surface area contributed by atoms with Crippen molar-refractivity contribution >= 4 is 28.9 Å². The zero-order valence-electron chi connectivity index (χ0n) is 15.4. The number of hydrogen-bond donors (Lipinski definition) is 2. The summed E-state index contributed by atoms with van der Waals surface area (Å²) < 4.78 is 10.7. The van der Waals surface area contributed by atoms with E-state index < -0.39 is 5.60 Å². The monoisotopic (exact) mass is 381 g/mol. The minimum atomic E-state index is -1.15. The van der Waals surface area contributed by atoms with Gasteiger partial charge in [-0.1, -0.05) is 17.3 Å². The van der Waals surface area contributed by atoms with Crippen LogP contribution in [0, 0.1) is 0 Å². The van der Waals surface area contributed by atoms with Gasteiger partial charge < -0.3 is 24.9 Å². The molecule has 1 atom stereocenters. The predicted octanol–water partition coefficient (Wildman–Crippen LogP) is 2.55. The molecule has 0 saturated heterocycles. The van der Waals surface area contributed by atoms with E-state index in [1.54, 1.807) is 32.2 Å². The quantitative estimate of drug-likeness (QED) is 0.848. The van der Waals surface area contributed by atoms with E-state index in [-0.39, 0.29) is 18.4 Å². The van der Waals surface area contributed by atoms with Crippen molar-refractivity contribution in [3.05, 3.63) is 48.0 Å². The average molecular weight is 381 g/mol. The number of para-hydroxylation sites is 1. The molecule has 0 aromatic heterocycles. The Labute approximate surface area is 161 Å². The molecule has 2 amide bonds. The Morgan fingerprint density at radius 1 is 1.29 bits per heavy atom. The standard InChI is InChI=1S/C20H19N3O5/c1-20(10-15(23-28-20)13-5-3-4-6-16(13)26-2)19(25)21-12-7-8-14-17(9-12)27-11-18(24)22-14/h3-9H,10-11H2,1-2H3,(H,21,25)(H,22,24)/t20-/m1/s1. The zero-order valence-corrected chi connectivity index (χ0v) is 15.4. The highest BCUT2D eigenvalue weighted by atomic mass is 16.7. The van der Waals surface area contributed by atoms with Gasteiger partial charge in [-0.2, -0.15) is 0 Å². The lowest BCUT2D eigenvalue weighted by molar-refractivity contribution is -0.135. The van der Waals surface area contributed by atoms with Gasteiger partial charge in [0.05, 0.1) is 18.5 Å². The fourth-order valence-corrected chi connectivity index (χ4v) is 3.10. The number of rotatable bonds is 4. The van der Waals surface area contributed by atoms with E-state index >= 15 is 0 Å². The Morgan fingerprint density at radius 3 is 2.93 bits per heavy atom. The van der Waals surface area contributed by atoms with Gasteiger partial charge in [0.25, 0.3) is 11.8 Å². The van der Waals surface area contributed by atoms with E-state index in [0.29, 0.717) is 35.0 Å². The number of carbonyl (C=O) groups is 2. The van der Waals surface area contributed by atoms with Crippen LogP contribution in [0.15, 0.2) is 47.6 Å². The summed E-state index contributed by atoms with van der Waals surface area (Å²) in [7, 11) is 1.59. The summed E-state index contributed by atoms with van der Waals surface area (Å²) >= 11 is 0. The summed E-state index contributed by atoms with van der Waals surface area (Å²) in [5.74, 6) is 0.627. The van der Waals surface area contributed by atoms with Crippen LogP contribution in [0.5, 0.6) is 11.5 Å². The predicted molar refractivity (Wildman–Crippen MR) is 103 cm³/mol. The Bertz CT molecular complexity index is 988. The lowest BCUT2D eigenvalue weighted by Crippen LogP contribution is -2.40. The SMILES string of the molecule is COc1ccccc1C1=NO[C@@](C)(C(=O)Nc2ccc3c(c2)OCC(=O)N3)C1. The van der Waals surface area contributed by atoms with Gasteiger partial charge in [0.15, 0.2) is 6.61 Å². The third kappa shape index (κ3) is 3.24. The van der Waals surface area contributed by atoms with Crippen molar-refractivity contribution < 1.29 is 23.9 Å². The Morgan fingerprint density at radius 2 is 2.11 bits per heavy atom. The van der Waals surface area contributed by atoms with Crippen LogP contribution in [0.25, 0.3) is 0 Å². The Kier molecular flexibility index (Phi) is 4.38. The summed E-state index contributed by atoms with van der Waals surface area (Å²) in [6, 6.07) is 12.5. The molecule has 8 nitrogen and oxygen atoms in total. The molecule has 144 valence electrons. The second kappa shape index (κ2) is 6.88. The Balaban J connectivity index is 1.48. The number of nitrogens with one attached hydrogen (secondary N) is 2. The van der Waals surface area contributed by atoms with Crippen molar-refractivity contribution in [1.82, 2.24) is 0 Å². The number of oxime groups is 1. The summed E-state index contributed by atoms with van der Waals surface area (Å²) in [5.41, 5.74) is 1.39. The third-order valence-electron chi connectivity index (χ3n) is 4.63. The second-order valence-electron chi connectivity index (χ2n) is 6.74. The molecule has 0 bridgehead atoms. The first-order chi connectivity index (χ1) is 13.5. The van der Waals surface area contributed by atoms with E-state index in [1.807, 2.05) is 24.3 Å². The molecule has 4 rings (SSSR count). The molecular formula is C20H19N3O5. The minimum Gasteiger partial charge on any atom is -0.496 e. The fraction of sp³-hybridized carbons (Fsp3) is 0.250. The molecule has 2 aliphatic rings. The summed E-state index contributed by atoms with van der Waals surface area (Å²) in [6.07, 6.45) is 0.302. The van der Waals surface area contributed by atoms with Gasteiger partial charge in [0, 0.05) is 23.7 Å². The van der Waals surface area contributed by atoms with Crippen LogP contribution in [-0.2, 0) is 14.4 Å². The maximum absolute atomic E-state index is 12.8. The van der Waals surface area contributed by atoms with Crippen molar-refractivity contribution in [3.8, 4) is 11.5 Å². The molecule has 2 aromatic rings. The number of carbonyl (C=O) groups excluding carboxylic acids is 2. The van der Waals surface area contributed by atoms with Gasteiger partial charge in [-0.25, -0.2) is 0 Å². The van der Waals surface area contributed by atoms with Crippen LogP contribution in [-0.4, -0.2) is 36.8 Å². The normalized spacial score (nSPS) is 20.2. The van der Waals surface area contributed by atoms with Crippen molar-refractivity contribution in [3.63, 3.8) is 0 Å². The number of amides is 2. The van der Waals surface area contributed by atoms with Gasteiger partial charge in [-0.05, 0) is 31.2 Å². The highest BCUT2D eigenvalue weighted by Gasteiger charge is 2.43. The molecule has 0 unspecified atom stereocenters. The van der Waals surface area contributed by atoms with Crippen LogP contribution >= 0.6 is 0 Å². The largest absolute Gasteiger partial charge is 0.496 e. The summed E-state index contributed by atoms with van der Waals surface area (Å²) in [4.78, 5) is 29.7. The molecule has 28 heavy (non-hydrogen) atoms. The molecule has 0 spiro atoms. The van der Waals surface area contributed by atoms with Crippen LogP contribution in [0.1, 0.15) is 18.9 Å². The van der Waals surface area contributed by atoms with E-state index in [0.717, 1.165) is 5.56 Å². The summed E-state index contributed by atoms with van der Waals surface area (Å²) in [5, 5.41) is 9.64. The average Bonchev–Trinajstić information content (AvgIpc) is 3.11. The molecule has 2 aromatic carbocycles. The van der Waals surface area contributed by atoms with Gasteiger partial charge in [-0.15, -0.1) is 0 Å². The van der Waals surface area contributed by atoms with Gasteiger partial charge >= 0.3 is 0 Å². The molecule has 2 heterocycles. The van der Waals surface area contributed by atoms with Crippen LogP contribution in [0.3, 0.4) is 0 Å². The van der Waals surface area contributed by atoms with Crippen molar-refractivity contribution in [1.29, 1.82) is 0 Å². The van der Waals surface area contributed by atoms with E-state index in [4.69, 9.17) is 14.3 Å². The van der Waals surface area contributed by atoms with E-state index in [9.17, 15) is 9.59 Å². The first kappa shape index (κ1) is 17.8. The van der Waals surface area contributed by atoms with Gasteiger partial charge in [0.1, 0.15) is 11.5 Å². The lowest BCUT2D eigenvalue weighted by atomic mass is 9.94. The zero-order chi connectivity index (χ0) is 19.7. The highest BCUT2D eigenvalue weighted by molar-refractivity contribution is 6.09. The highest BCUT2D eigenvalue weighted by Crippen LogP contribution is 2.33.